The van der Waals surface area contributed by atoms with Gasteiger partial charge in [-0.1, -0.05) is 35.9 Å². The highest BCUT2D eigenvalue weighted by molar-refractivity contribution is 6.10. The van der Waals surface area contributed by atoms with Gasteiger partial charge in [-0.2, -0.15) is 0 Å². The van der Waals surface area contributed by atoms with Gasteiger partial charge in [-0.05, 0) is 73.7 Å². The highest BCUT2D eigenvalue weighted by Crippen LogP contribution is 2.46. The molecule has 2 atom stereocenters. The second-order valence-electron chi connectivity index (χ2n) is 10.0. The molecule has 0 aromatic heterocycles. The van der Waals surface area contributed by atoms with E-state index in [4.69, 9.17) is 9.47 Å². The minimum absolute atomic E-state index is 0.0778. The van der Waals surface area contributed by atoms with E-state index in [0.717, 1.165) is 16.8 Å². The number of allylic oxidation sites excluding steroid dienone is 3. The molecule has 3 aromatic rings. The van der Waals surface area contributed by atoms with E-state index in [1.165, 1.54) is 12.1 Å². The number of methoxy groups -OCH3 is 2. The Bertz CT molecular complexity index is 1510. The summed E-state index contributed by atoms with van der Waals surface area (Å²) < 4.78 is 25.3. The molecular weight excluding hydrogens is 495 g/mol. The first-order valence-corrected chi connectivity index (χ1v) is 12.9. The Morgan fingerprint density at radius 2 is 1.67 bits per heavy atom. The number of ether oxygens (including phenoxy) is 2. The van der Waals surface area contributed by atoms with Gasteiger partial charge in [0.1, 0.15) is 5.82 Å². The molecular formula is C32H31FN2O4. The van der Waals surface area contributed by atoms with E-state index in [1.54, 1.807) is 26.4 Å². The summed E-state index contributed by atoms with van der Waals surface area (Å²) in [6, 6.07) is 19.3. The van der Waals surface area contributed by atoms with Crippen LogP contribution in [0.15, 0.2) is 89.3 Å². The number of carbonyl (C=O) groups excluding carboxylic acids is 2. The largest absolute Gasteiger partial charge is 0.493 e. The van der Waals surface area contributed by atoms with Crippen molar-refractivity contribution < 1.29 is 23.5 Å². The van der Waals surface area contributed by atoms with Crippen LogP contribution in [-0.2, 0) is 9.59 Å². The van der Waals surface area contributed by atoms with Crippen LogP contribution < -0.4 is 20.1 Å². The Balaban J connectivity index is 1.54. The predicted molar refractivity (Wildman–Crippen MR) is 148 cm³/mol. The first kappa shape index (κ1) is 26.2. The maximum Gasteiger partial charge on any atom is 0.254 e. The zero-order valence-electron chi connectivity index (χ0n) is 22.4. The molecule has 0 radical (unpaired) electrons. The second-order valence-corrected chi connectivity index (χ2v) is 10.0. The van der Waals surface area contributed by atoms with Crippen molar-refractivity contribution in [3.05, 3.63) is 112 Å². The van der Waals surface area contributed by atoms with E-state index in [-0.39, 0.29) is 24.0 Å². The predicted octanol–water partition coefficient (Wildman–Crippen LogP) is 6.15. The Morgan fingerprint density at radius 3 is 2.36 bits per heavy atom. The maximum atomic E-state index is 14.4. The monoisotopic (exact) mass is 526 g/mol. The molecule has 3 aromatic carbocycles. The molecule has 0 saturated heterocycles. The van der Waals surface area contributed by atoms with Crippen LogP contribution in [0.3, 0.4) is 0 Å². The van der Waals surface area contributed by atoms with Crippen molar-refractivity contribution in [1.29, 1.82) is 0 Å². The third-order valence-electron chi connectivity index (χ3n) is 7.44. The number of carbonyl (C=O) groups is 2. The third-order valence-corrected chi connectivity index (χ3v) is 7.44. The van der Waals surface area contributed by atoms with Crippen molar-refractivity contribution in [2.75, 3.05) is 19.5 Å². The Kier molecular flexibility index (Phi) is 7.24. The van der Waals surface area contributed by atoms with Crippen molar-refractivity contribution >= 4 is 17.4 Å². The molecule has 6 nitrogen and oxygen atoms in total. The highest BCUT2D eigenvalue weighted by atomic mass is 19.1. The topological polar surface area (TPSA) is 76.7 Å². The van der Waals surface area contributed by atoms with Gasteiger partial charge in [0.15, 0.2) is 17.3 Å². The van der Waals surface area contributed by atoms with Crippen molar-refractivity contribution in [2.24, 2.45) is 0 Å². The van der Waals surface area contributed by atoms with Gasteiger partial charge in [-0.15, -0.1) is 0 Å². The summed E-state index contributed by atoms with van der Waals surface area (Å²) in [5.74, 6) is -0.398. The second kappa shape index (κ2) is 10.8. The molecule has 1 aliphatic heterocycles. The number of aryl methyl sites for hydroxylation is 1. The van der Waals surface area contributed by atoms with E-state index >= 15 is 0 Å². The molecule has 2 N–H and O–H groups in total. The third kappa shape index (κ3) is 5.17. The molecule has 0 bridgehead atoms. The van der Waals surface area contributed by atoms with Crippen LogP contribution in [0.25, 0.3) is 0 Å². The molecule has 0 spiro atoms. The van der Waals surface area contributed by atoms with E-state index in [9.17, 15) is 14.0 Å². The summed E-state index contributed by atoms with van der Waals surface area (Å²) in [6.45, 7) is 3.80. The molecule has 0 saturated carbocycles. The van der Waals surface area contributed by atoms with Crippen LogP contribution >= 0.6 is 0 Å². The number of amides is 1. The number of rotatable bonds is 6. The normalized spacial score (nSPS) is 18.8. The van der Waals surface area contributed by atoms with E-state index in [1.807, 2.05) is 56.3 Å². The standard InChI is InChI=1S/C32H31FN2O4/c1-18-8-11-24(12-9-18)35-32(37)29-19(2)34-25-15-22(20-10-13-27(38-3)28(17-20)39-4)16-26(36)31(25)30(29)21-6-5-7-23(33)14-21/h5-14,17,22,30,34H,15-16H2,1-4H3,(H,35,37)/t22-,30+/m1/s1. The molecule has 1 amide bonds. The zero-order valence-corrected chi connectivity index (χ0v) is 22.4. The van der Waals surface area contributed by atoms with Gasteiger partial charge in [0, 0.05) is 40.6 Å². The summed E-state index contributed by atoms with van der Waals surface area (Å²) in [5, 5.41) is 6.33. The van der Waals surface area contributed by atoms with Gasteiger partial charge in [-0.25, -0.2) is 4.39 Å². The first-order valence-electron chi connectivity index (χ1n) is 12.9. The number of dihydropyridines is 1. The summed E-state index contributed by atoms with van der Waals surface area (Å²) in [6.07, 6.45) is 0.820. The molecule has 0 fully saturated rings. The minimum Gasteiger partial charge on any atom is -0.493 e. The van der Waals surface area contributed by atoms with Crippen LogP contribution in [0.4, 0.5) is 10.1 Å². The molecule has 5 rings (SSSR count). The van der Waals surface area contributed by atoms with Crippen LogP contribution in [0.5, 0.6) is 11.5 Å². The van der Waals surface area contributed by atoms with Gasteiger partial charge < -0.3 is 20.1 Å². The molecule has 39 heavy (non-hydrogen) atoms. The van der Waals surface area contributed by atoms with Gasteiger partial charge in [0.25, 0.3) is 5.91 Å². The fourth-order valence-corrected chi connectivity index (χ4v) is 5.54. The number of nitrogens with one attached hydrogen (secondary N) is 2. The summed E-state index contributed by atoms with van der Waals surface area (Å²) >= 11 is 0. The maximum absolute atomic E-state index is 14.4. The van der Waals surface area contributed by atoms with Gasteiger partial charge in [0.2, 0.25) is 0 Å². The van der Waals surface area contributed by atoms with Crippen LogP contribution in [0.2, 0.25) is 0 Å². The van der Waals surface area contributed by atoms with Crippen LogP contribution in [0, 0.1) is 12.7 Å². The summed E-state index contributed by atoms with van der Waals surface area (Å²) in [4.78, 5) is 27.5. The smallest absolute Gasteiger partial charge is 0.254 e. The van der Waals surface area contributed by atoms with Gasteiger partial charge in [0.05, 0.1) is 14.2 Å². The molecule has 1 heterocycles. The van der Waals surface area contributed by atoms with Crippen LogP contribution in [0.1, 0.15) is 48.3 Å². The fraction of sp³-hybridized carbons (Fsp3) is 0.250. The first-order chi connectivity index (χ1) is 18.8. The number of hydrogen-bond acceptors (Lipinski definition) is 5. The van der Waals surface area contributed by atoms with E-state index in [2.05, 4.69) is 10.6 Å². The summed E-state index contributed by atoms with van der Waals surface area (Å²) in [7, 11) is 3.16. The van der Waals surface area contributed by atoms with E-state index < -0.39 is 11.7 Å². The lowest BCUT2D eigenvalue weighted by Crippen LogP contribution is -2.37. The number of anilines is 1. The quantitative estimate of drug-likeness (QED) is 0.403. The lowest BCUT2D eigenvalue weighted by molar-refractivity contribution is -0.116. The molecule has 2 aliphatic rings. The Hall–Kier alpha value is -4.39. The van der Waals surface area contributed by atoms with E-state index in [0.29, 0.717) is 46.0 Å². The van der Waals surface area contributed by atoms with Crippen molar-refractivity contribution in [3.8, 4) is 11.5 Å². The van der Waals surface area contributed by atoms with Gasteiger partial charge in [-0.3, -0.25) is 9.59 Å². The number of ketones is 1. The fourth-order valence-electron chi connectivity index (χ4n) is 5.54. The zero-order chi connectivity index (χ0) is 27.7. The Labute approximate surface area is 227 Å². The highest BCUT2D eigenvalue weighted by Gasteiger charge is 2.41. The number of halogens is 1. The number of hydrogen-bond donors (Lipinski definition) is 2. The molecule has 200 valence electrons. The van der Waals surface area contributed by atoms with Crippen LogP contribution in [-0.4, -0.2) is 25.9 Å². The average molecular weight is 527 g/mol. The Morgan fingerprint density at radius 1 is 0.923 bits per heavy atom. The average Bonchev–Trinajstić information content (AvgIpc) is 2.92. The van der Waals surface area contributed by atoms with Crippen molar-refractivity contribution in [2.45, 2.75) is 38.5 Å². The lowest BCUT2D eigenvalue weighted by atomic mass is 9.71. The van der Waals surface area contributed by atoms with Crippen molar-refractivity contribution in [1.82, 2.24) is 5.32 Å². The van der Waals surface area contributed by atoms with Crippen molar-refractivity contribution in [3.63, 3.8) is 0 Å². The molecule has 7 heteroatoms. The lowest BCUT2D eigenvalue weighted by Gasteiger charge is -2.37. The minimum atomic E-state index is -0.693. The summed E-state index contributed by atoms with van der Waals surface area (Å²) in [5.41, 5.74) is 5.54. The SMILES string of the molecule is COc1ccc([C@H]2CC(=O)C3=C(C2)NC(C)=C(C(=O)Nc2ccc(C)cc2)[C@@H]3c2cccc(F)c2)cc1OC. The molecule has 1 aliphatic carbocycles. The molecule has 0 unspecified atom stereocenters. The number of benzene rings is 3. The van der Waals surface area contributed by atoms with Gasteiger partial charge >= 0.3 is 0 Å². The number of Topliss-reactive ketones (excluding diaryl/α,β-unsaturated/α-hetero) is 1.